The second-order valence-corrected chi connectivity index (χ2v) is 5.65. The van der Waals surface area contributed by atoms with Gasteiger partial charge in [0.15, 0.2) is 0 Å². The Hall–Kier alpha value is -1.36. The minimum atomic E-state index is -0.205. The second kappa shape index (κ2) is 7.28. The van der Waals surface area contributed by atoms with E-state index in [4.69, 9.17) is 4.74 Å². The average molecular weight is 267 g/mol. The number of nitrogens with zero attached hydrogens (tertiary/aromatic N) is 2. The van der Waals surface area contributed by atoms with Gasteiger partial charge in [-0.05, 0) is 27.2 Å². The van der Waals surface area contributed by atoms with E-state index in [9.17, 15) is 4.79 Å². The normalized spacial score (nSPS) is 11.6. The molecule has 0 radical (unpaired) electrons. The van der Waals surface area contributed by atoms with Crippen LogP contribution in [-0.4, -0.2) is 27.7 Å². The third kappa shape index (κ3) is 6.38. The Balaban J connectivity index is 2.46. The second-order valence-electron chi connectivity index (χ2n) is 5.65. The fourth-order valence-electron chi connectivity index (χ4n) is 1.51. The molecule has 0 aliphatic heterocycles. The van der Waals surface area contributed by atoms with Gasteiger partial charge in [0.2, 0.25) is 0 Å². The largest absolute Gasteiger partial charge is 0.464 e. The fourth-order valence-corrected chi connectivity index (χ4v) is 1.51. The summed E-state index contributed by atoms with van der Waals surface area (Å²) in [5.41, 5.74) is 0.0262. The molecule has 19 heavy (non-hydrogen) atoms. The number of nitrogens with one attached hydrogen (secondary N) is 1. The molecule has 5 heteroatoms. The molecule has 1 aromatic rings. The van der Waals surface area contributed by atoms with E-state index in [1.165, 1.54) is 0 Å². The molecule has 0 bridgehead atoms. The maximum Gasteiger partial charge on any atom is 0.325 e. The van der Waals surface area contributed by atoms with E-state index in [2.05, 4.69) is 38.0 Å². The van der Waals surface area contributed by atoms with Gasteiger partial charge < -0.3 is 14.6 Å². The third-order valence-corrected chi connectivity index (χ3v) is 2.64. The minimum Gasteiger partial charge on any atom is -0.464 e. The number of ether oxygens (including phenoxy) is 1. The van der Waals surface area contributed by atoms with Crippen LogP contribution in [0.3, 0.4) is 0 Å². The molecule has 0 saturated heterocycles. The van der Waals surface area contributed by atoms with Crippen molar-refractivity contribution in [2.45, 2.75) is 59.2 Å². The Labute approximate surface area is 115 Å². The average Bonchev–Trinajstić information content (AvgIpc) is 2.73. The van der Waals surface area contributed by atoms with Crippen LogP contribution >= 0.6 is 0 Å². The number of aromatic nitrogens is 2. The van der Waals surface area contributed by atoms with E-state index < -0.39 is 0 Å². The highest BCUT2D eigenvalue weighted by molar-refractivity contribution is 5.69. The summed E-state index contributed by atoms with van der Waals surface area (Å²) < 4.78 is 6.97. The van der Waals surface area contributed by atoms with Crippen LogP contribution in [0.15, 0.2) is 12.4 Å². The number of imidazole rings is 1. The summed E-state index contributed by atoms with van der Waals surface area (Å²) in [5.74, 6) is 0.644. The van der Waals surface area contributed by atoms with Crippen LogP contribution < -0.4 is 5.32 Å². The first-order chi connectivity index (χ1) is 8.92. The van der Waals surface area contributed by atoms with Crippen LogP contribution in [0, 0.1) is 0 Å². The quantitative estimate of drug-likeness (QED) is 0.607. The summed E-state index contributed by atoms with van der Waals surface area (Å²) in [6.07, 6.45) is 5.45. The molecule has 0 saturated carbocycles. The predicted octanol–water partition coefficient (Wildman–Crippen LogP) is 2.11. The Morgan fingerprint density at radius 2 is 2.21 bits per heavy atom. The van der Waals surface area contributed by atoms with E-state index in [-0.39, 0.29) is 18.1 Å². The van der Waals surface area contributed by atoms with Crippen molar-refractivity contribution in [3.63, 3.8) is 0 Å². The molecular weight excluding hydrogens is 242 g/mol. The van der Waals surface area contributed by atoms with Gasteiger partial charge in [-0.3, -0.25) is 4.79 Å². The van der Waals surface area contributed by atoms with Gasteiger partial charge in [-0.15, -0.1) is 0 Å². The van der Waals surface area contributed by atoms with Gasteiger partial charge in [0.25, 0.3) is 0 Å². The van der Waals surface area contributed by atoms with Crippen molar-refractivity contribution in [3.05, 3.63) is 18.2 Å². The number of carbonyl (C=O) groups excluding carboxylic acids is 1. The van der Waals surface area contributed by atoms with Crippen LogP contribution in [0.2, 0.25) is 0 Å². The summed E-state index contributed by atoms with van der Waals surface area (Å²) >= 11 is 0. The monoisotopic (exact) mass is 267 g/mol. The number of hydrogen-bond acceptors (Lipinski definition) is 4. The zero-order valence-corrected chi connectivity index (χ0v) is 12.4. The van der Waals surface area contributed by atoms with Gasteiger partial charge in [0, 0.05) is 17.9 Å². The Morgan fingerprint density at radius 3 is 2.84 bits per heavy atom. The summed E-state index contributed by atoms with van der Waals surface area (Å²) in [5, 5.41) is 3.35. The van der Waals surface area contributed by atoms with Crippen molar-refractivity contribution in [2.24, 2.45) is 0 Å². The Kier molecular flexibility index (Phi) is 6.02. The first-order valence-electron chi connectivity index (χ1n) is 6.83. The molecule has 1 heterocycles. The zero-order valence-electron chi connectivity index (χ0n) is 12.4. The lowest BCUT2D eigenvalue weighted by atomic mass is 10.1. The number of esters is 1. The standard InChI is InChI=1S/C14H25N3O2/c1-5-6-9-19-13(18)11-17-8-7-15-12(17)10-16-14(2,3)4/h7-8,16H,5-6,9-11H2,1-4H3. The molecule has 0 aromatic carbocycles. The summed E-state index contributed by atoms with van der Waals surface area (Å²) in [6, 6.07) is 0. The number of hydrogen-bond donors (Lipinski definition) is 1. The van der Waals surface area contributed by atoms with Crippen molar-refractivity contribution in [3.8, 4) is 0 Å². The van der Waals surface area contributed by atoms with E-state index in [0.29, 0.717) is 13.2 Å². The molecule has 1 aromatic heterocycles. The van der Waals surface area contributed by atoms with Crippen molar-refractivity contribution in [2.75, 3.05) is 6.61 Å². The third-order valence-electron chi connectivity index (χ3n) is 2.64. The summed E-state index contributed by atoms with van der Waals surface area (Å²) in [6.45, 7) is 9.72. The lowest BCUT2D eigenvalue weighted by Crippen LogP contribution is -2.36. The number of rotatable bonds is 7. The van der Waals surface area contributed by atoms with Crippen LogP contribution in [0.1, 0.15) is 46.4 Å². The SMILES string of the molecule is CCCCOC(=O)Cn1ccnc1CNC(C)(C)C. The van der Waals surface area contributed by atoms with E-state index in [0.717, 1.165) is 18.7 Å². The molecule has 0 aliphatic rings. The van der Waals surface area contributed by atoms with Gasteiger partial charge in [0.1, 0.15) is 12.4 Å². The van der Waals surface area contributed by atoms with Crippen molar-refractivity contribution >= 4 is 5.97 Å². The van der Waals surface area contributed by atoms with Crippen molar-refractivity contribution < 1.29 is 9.53 Å². The number of unbranched alkanes of at least 4 members (excludes halogenated alkanes) is 1. The topological polar surface area (TPSA) is 56.2 Å². The minimum absolute atomic E-state index is 0.0262. The lowest BCUT2D eigenvalue weighted by Gasteiger charge is -2.20. The molecule has 0 spiro atoms. The predicted molar refractivity (Wildman–Crippen MR) is 74.7 cm³/mol. The molecule has 0 unspecified atom stereocenters. The van der Waals surface area contributed by atoms with E-state index in [1.54, 1.807) is 12.4 Å². The molecule has 1 N–H and O–H groups in total. The van der Waals surface area contributed by atoms with Crippen molar-refractivity contribution in [1.29, 1.82) is 0 Å². The molecular formula is C14H25N3O2. The van der Waals surface area contributed by atoms with Crippen LogP contribution in [0.5, 0.6) is 0 Å². The van der Waals surface area contributed by atoms with Gasteiger partial charge in [-0.25, -0.2) is 4.98 Å². The summed E-state index contributed by atoms with van der Waals surface area (Å²) in [7, 11) is 0. The maximum atomic E-state index is 11.6. The molecule has 5 nitrogen and oxygen atoms in total. The highest BCUT2D eigenvalue weighted by atomic mass is 16.5. The molecule has 1 rings (SSSR count). The molecule has 0 amide bonds. The van der Waals surface area contributed by atoms with Crippen LogP contribution in [0.4, 0.5) is 0 Å². The smallest absolute Gasteiger partial charge is 0.325 e. The molecule has 0 fully saturated rings. The van der Waals surface area contributed by atoms with Crippen LogP contribution in [0.25, 0.3) is 0 Å². The zero-order chi connectivity index (χ0) is 14.3. The fraction of sp³-hybridized carbons (Fsp3) is 0.714. The van der Waals surface area contributed by atoms with E-state index in [1.807, 2.05) is 4.57 Å². The first kappa shape index (κ1) is 15.7. The maximum absolute atomic E-state index is 11.6. The van der Waals surface area contributed by atoms with Gasteiger partial charge >= 0.3 is 5.97 Å². The first-order valence-corrected chi connectivity index (χ1v) is 6.83. The van der Waals surface area contributed by atoms with Crippen molar-refractivity contribution in [1.82, 2.24) is 14.9 Å². The van der Waals surface area contributed by atoms with Gasteiger partial charge in [-0.1, -0.05) is 13.3 Å². The lowest BCUT2D eigenvalue weighted by molar-refractivity contribution is -0.144. The van der Waals surface area contributed by atoms with Gasteiger partial charge in [-0.2, -0.15) is 0 Å². The molecule has 0 aliphatic carbocycles. The van der Waals surface area contributed by atoms with Crippen LogP contribution in [-0.2, 0) is 22.6 Å². The van der Waals surface area contributed by atoms with E-state index >= 15 is 0 Å². The molecule has 108 valence electrons. The number of carbonyl (C=O) groups is 1. The van der Waals surface area contributed by atoms with Gasteiger partial charge in [0.05, 0.1) is 13.2 Å². The highest BCUT2D eigenvalue weighted by Gasteiger charge is 2.12. The molecule has 0 atom stereocenters. The Morgan fingerprint density at radius 1 is 1.47 bits per heavy atom. The Bertz CT molecular complexity index is 394. The summed E-state index contributed by atoms with van der Waals surface area (Å²) in [4.78, 5) is 15.9. The highest BCUT2D eigenvalue weighted by Crippen LogP contribution is 2.04.